The highest BCUT2D eigenvalue weighted by Crippen LogP contribution is 2.21. The van der Waals surface area contributed by atoms with Gasteiger partial charge in [0.2, 0.25) is 0 Å². The Labute approximate surface area is 113 Å². The van der Waals surface area contributed by atoms with E-state index in [9.17, 15) is 10.2 Å². The minimum Gasteiger partial charge on any atom is -0.508 e. The summed E-state index contributed by atoms with van der Waals surface area (Å²) >= 11 is 0. The van der Waals surface area contributed by atoms with Crippen molar-refractivity contribution in [1.82, 2.24) is 0 Å². The molecule has 0 bridgehead atoms. The molecule has 0 amide bonds. The van der Waals surface area contributed by atoms with Gasteiger partial charge in [-0.05, 0) is 28.8 Å². The van der Waals surface area contributed by atoms with Crippen molar-refractivity contribution >= 4 is 0 Å². The molecule has 3 heteroatoms. The first-order chi connectivity index (χ1) is 9.19. The Bertz CT molecular complexity index is 520. The first kappa shape index (κ1) is 13.6. The topological polar surface area (TPSA) is 49.7 Å². The molecule has 0 aromatic heterocycles. The fourth-order valence-electron chi connectivity index (χ4n) is 2.03. The number of phenols is 1. The Morgan fingerprint density at radius 1 is 1.05 bits per heavy atom. The maximum Gasteiger partial charge on any atom is 0.115 e. The van der Waals surface area contributed by atoms with E-state index in [1.54, 1.807) is 25.3 Å². The van der Waals surface area contributed by atoms with Crippen molar-refractivity contribution in [3.63, 3.8) is 0 Å². The number of aliphatic hydroxyl groups excluding tert-OH is 1. The van der Waals surface area contributed by atoms with Crippen LogP contribution in [-0.4, -0.2) is 17.3 Å². The largest absolute Gasteiger partial charge is 0.508 e. The highest BCUT2D eigenvalue weighted by molar-refractivity contribution is 5.30. The summed E-state index contributed by atoms with van der Waals surface area (Å²) in [5.74, 6) is 0.222. The zero-order valence-electron chi connectivity index (χ0n) is 10.9. The van der Waals surface area contributed by atoms with Crippen molar-refractivity contribution in [3.05, 3.63) is 65.2 Å². The van der Waals surface area contributed by atoms with Gasteiger partial charge in [-0.3, -0.25) is 0 Å². The normalized spacial score (nSPS) is 12.3. The highest BCUT2D eigenvalue weighted by Gasteiger charge is 2.09. The van der Waals surface area contributed by atoms with Gasteiger partial charge in [0.15, 0.2) is 0 Å². The summed E-state index contributed by atoms with van der Waals surface area (Å²) < 4.78 is 5.05. The number of rotatable bonds is 5. The van der Waals surface area contributed by atoms with E-state index in [1.165, 1.54) is 0 Å². The lowest BCUT2D eigenvalue weighted by Crippen LogP contribution is -2.02. The van der Waals surface area contributed by atoms with Gasteiger partial charge in [-0.1, -0.05) is 36.4 Å². The summed E-state index contributed by atoms with van der Waals surface area (Å²) in [6.45, 7) is 0.572. The van der Waals surface area contributed by atoms with Crippen molar-refractivity contribution < 1.29 is 14.9 Å². The molecule has 0 saturated heterocycles. The van der Waals surface area contributed by atoms with Gasteiger partial charge in [-0.15, -0.1) is 0 Å². The standard InChI is InChI=1S/C16H18O3/c1-19-11-12-5-7-14(8-6-12)16(18)10-13-3-2-4-15(17)9-13/h2-9,16-18H,10-11H2,1H3. The van der Waals surface area contributed by atoms with E-state index in [1.807, 2.05) is 30.3 Å². The molecule has 2 aromatic rings. The van der Waals surface area contributed by atoms with E-state index in [2.05, 4.69) is 0 Å². The minimum atomic E-state index is -0.571. The SMILES string of the molecule is COCc1ccc(C(O)Cc2cccc(O)c2)cc1. The van der Waals surface area contributed by atoms with E-state index in [-0.39, 0.29) is 5.75 Å². The molecule has 100 valence electrons. The molecule has 0 radical (unpaired) electrons. The molecule has 1 atom stereocenters. The van der Waals surface area contributed by atoms with Crippen LogP contribution in [0.3, 0.4) is 0 Å². The van der Waals surface area contributed by atoms with Crippen molar-refractivity contribution in [2.24, 2.45) is 0 Å². The van der Waals surface area contributed by atoms with Crippen LogP contribution in [0.5, 0.6) is 5.75 Å². The Kier molecular flexibility index (Phi) is 4.55. The molecule has 2 rings (SSSR count). The number of methoxy groups -OCH3 is 1. The average molecular weight is 258 g/mol. The van der Waals surface area contributed by atoms with Crippen LogP contribution in [0.25, 0.3) is 0 Å². The fraction of sp³-hybridized carbons (Fsp3) is 0.250. The molecule has 1 unspecified atom stereocenters. The van der Waals surface area contributed by atoms with Crippen LogP contribution in [-0.2, 0) is 17.8 Å². The Morgan fingerprint density at radius 3 is 2.42 bits per heavy atom. The molecule has 3 nitrogen and oxygen atoms in total. The zero-order valence-corrected chi connectivity index (χ0v) is 10.9. The first-order valence-electron chi connectivity index (χ1n) is 6.23. The Balaban J connectivity index is 2.05. The molecule has 0 aliphatic carbocycles. The summed E-state index contributed by atoms with van der Waals surface area (Å²) in [6.07, 6.45) is -0.0868. The number of phenolic OH excluding ortho intramolecular Hbond substituents is 1. The van der Waals surface area contributed by atoms with Crippen molar-refractivity contribution in [2.45, 2.75) is 19.1 Å². The molecule has 2 N–H and O–H groups in total. The number of ether oxygens (including phenoxy) is 1. The first-order valence-corrected chi connectivity index (χ1v) is 6.23. The summed E-state index contributed by atoms with van der Waals surface area (Å²) in [6, 6.07) is 14.7. The van der Waals surface area contributed by atoms with Gasteiger partial charge < -0.3 is 14.9 Å². The third-order valence-corrected chi connectivity index (χ3v) is 3.02. The number of hydrogen-bond donors (Lipinski definition) is 2. The van der Waals surface area contributed by atoms with Gasteiger partial charge >= 0.3 is 0 Å². The highest BCUT2D eigenvalue weighted by atomic mass is 16.5. The summed E-state index contributed by atoms with van der Waals surface area (Å²) in [5.41, 5.74) is 2.85. The van der Waals surface area contributed by atoms with Crippen molar-refractivity contribution in [1.29, 1.82) is 0 Å². The second-order valence-electron chi connectivity index (χ2n) is 4.56. The predicted octanol–water partition coefficient (Wildman–Crippen LogP) is 2.81. The van der Waals surface area contributed by atoms with Gasteiger partial charge in [0.25, 0.3) is 0 Å². The number of hydrogen-bond acceptors (Lipinski definition) is 3. The molecule has 0 spiro atoms. The van der Waals surface area contributed by atoms with E-state index in [0.29, 0.717) is 13.0 Å². The number of aromatic hydroxyl groups is 1. The van der Waals surface area contributed by atoms with Gasteiger partial charge in [0, 0.05) is 13.5 Å². The molecule has 0 aliphatic heterocycles. The van der Waals surface area contributed by atoms with Crippen molar-refractivity contribution in [3.8, 4) is 5.75 Å². The smallest absolute Gasteiger partial charge is 0.115 e. The third kappa shape index (κ3) is 3.81. The molecular weight excluding hydrogens is 240 g/mol. The van der Waals surface area contributed by atoms with E-state index in [4.69, 9.17) is 4.74 Å². The second-order valence-corrected chi connectivity index (χ2v) is 4.56. The lowest BCUT2D eigenvalue weighted by atomic mass is 10.0. The van der Waals surface area contributed by atoms with Crippen LogP contribution in [0.2, 0.25) is 0 Å². The lowest BCUT2D eigenvalue weighted by Gasteiger charge is -2.12. The Morgan fingerprint density at radius 2 is 1.79 bits per heavy atom. The molecule has 0 heterocycles. The van der Waals surface area contributed by atoms with Crippen LogP contribution in [0.4, 0.5) is 0 Å². The van der Waals surface area contributed by atoms with E-state index >= 15 is 0 Å². The zero-order chi connectivity index (χ0) is 13.7. The average Bonchev–Trinajstić information content (AvgIpc) is 2.40. The van der Waals surface area contributed by atoms with Crippen LogP contribution < -0.4 is 0 Å². The third-order valence-electron chi connectivity index (χ3n) is 3.02. The van der Waals surface area contributed by atoms with Crippen LogP contribution >= 0.6 is 0 Å². The van der Waals surface area contributed by atoms with E-state index < -0.39 is 6.10 Å². The number of benzene rings is 2. The van der Waals surface area contributed by atoms with Gasteiger partial charge in [-0.2, -0.15) is 0 Å². The molecule has 0 fully saturated rings. The monoisotopic (exact) mass is 258 g/mol. The van der Waals surface area contributed by atoms with Gasteiger partial charge in [0.05, 0.1) is 12.7 Å². The fourth-order valence-corrected chi connectivity index (χ4v) is 2.03. The van der Waals surface area contributed by atoms with Crippen LogP contribution in [0, 0.1) is 0 Å². The van der Waals surface area contributed by atoms with Gasteiger partial charge in [0.1, 0.15) is 5.75 Å². The van der Waals surface area contributed by atoms with Crippen LogP contribution in [0.15, 0.2) is 48.5 Å². The summed E-state index contributed by atoms with van der Waals surface area (Å²) in [4.78, 5) is 0. The predicted molar refractivity (Wildman–Crippen MR) is 73.9 cm³/mol. The molecule has 19 heavy (non-hydrogen) atoms. The van der Waals surface area contributed by atoms with Crippen molar-refractivity contribution in [2.75, 3.05) is 7.11 Å². The summed E-state index contributed by atoms with van der Waals surface area (Å²) in [5, 5.41) is 19.6. The van der Waals surface area contributed by atoms with E-state index in [0.717, 1.165) is 16.7 Å². The quantitative estimate of drug-likeness (QED) is 0.867. The summed E-state index contributed by atoms with van der Waals surface area (Å²) in [7, 11) is 1.66. The maximum absolute atomic E-state index is 10.2. The Hall–Kier alpha value is -1.84. The minimum absolute atomic E-state index is 0.222. The molecule has 2 aromatic carbocycles. The number of aliphatic hydroxyl groups is 1. The lowest BCUT2D eigenvalue weighted by molar-refractivity contribution is 0.177. The van der Waals surface area contributed by atoms with Gasteiger partial charge in [-0.25, -0.2) is 0 Å². The second kappa shape index (κ2) is 6.36. The van der Waals surface area contributed by atoms with Crippen LogP contribution in [0.1, 0.15) is 22.8 Å². The molecule has 0 saturated carbocycles. The maximum atomic E-state index is 10.2. The molecular formula is C16H18O3. The molecule has 0 aliphatic rings.